The highest BCUT2D eigenvalue weighted by Gasteiger charge is 2.35. The first kappa shape index (κ1) is 38.5. The molecule has 51 heavy (non-hydrogen) atoms. The molecule has 1 aromatic heterocycles. The van der Waals surface area contributed by atoms with Crippen LogP contribution in [0.4, 0.5) is 13.2 Å². The Labute approximate surface area is 302 Å². The van der Waals surface area contributed by atoms with E-state index in [2.05, 4.69) is 14.7 Å². The van der Waals surface area contributed by atoms with Gasteiger partial charge in [-0.2, -0.15) is 22.6 Å². The van der Waals surface area contributed by atoms with Gasteiger partial charge in [0.05, 0.1) is 43.4 Å². The summed E-state index contributed by atoms with van der Waals surface area (Å²) in [5, 5.41) is 16.1. The third-order valence-corrected chi connectivity index (χ3v) is 12.9. The van der Waals surface area contributed by atoms with Gasteiger partial charge in [0.1, 0.15) is 0 Å². The molecule has 2 aromatic rings. The van der Waals surface area contributed by atoms with E-state index in [1.54, 1.807) is 9.58 Å². The summed E-state index contributed by atoms with van der Waals surface area (Å²) in [5.41, 5.74) is 1.65. The molecule has 6 rings (SSSR count). The molecule has 0 aliphatic carbocycles. The molecule has 4 aliphatic rings. The van der Waals surface area contributed by atoms with Gasteiger partial charge in [-0.25, -0.2) is 8.42 Å². The van der Waals surface area contributed by atoms with E-state index in [9.17, 15) is 31.5 Å². The Hall–Kier alpha value is -2.25. The van der Waals surface area contributed by atoms with Crippen molar-refractivity contribution in [1.82, 2.24) is 33.7 Å². The van der Waals surface area contributed by atoms with E-state index in [1.807, 2.05) is 0 Å². The summed E-state index contributed by atoms with van der Waals surface area (Å²) in [6, 6.07) is 4.54. The molecular formula is C34H50F3N7O5S2. The number of benzene rings is 1. The molecule has 3 fully saturated rings. The van der Waals surface area contributed by atoms with E-state index in [-0.39, 0.29) is 30.4 Å². The SMILES string of the molecule is CC(=O)N1CCN(CCSc2cc(-c3nn(CC(O)CN4CCC(N5CCOCC5)CC4)c4c3CN(S(C)(=O)=O)CC4)ccc2C(F)(F)F)CC1. The predicted octanol–water partition coefficient (Wildman–Crippen LogP) is 2.30. The van der Waals surface area contributed by atoms with Crippen molar-refractivity contribution in [3.8, 4) is 11.3 Å². The molecule has 284 valence electrons. The first-order valence-electron chi connectivity index (χ1n) is 17.8. The maximum atomic E-state index is 14.2. The lowest BCUT2D eigenvalue weighted by molar-refractivity contribution is -0.139. The summed E-state index contributed by atoms with van der Waals surface area (Å²) in [6.07, 6.45) is -1.70. The summed E-state index contributed by atoms with van der Waals surface area (Å²) in [4.78, 5) is 20.4. The number of alkyl halides is 3. The number of aromatic nitrogens is 2. The second-order valence-electron chi connectivity index (χ2n) is 14.0. The highest BCUT2D eigenvalue weighted by Crippen LogP contribution is 2.40. The minimum atomic E-state index is -4.55. The maximum absolute atomic E-state index is 14.2. The number of piperidine rings is 1. The molecule has 0 spiro atoms. The molecule has 1 atom stereocenters. The Morgan fingerprint density at radius 3 is 2.37 bits per heavy atom. The number of likely N-dealkylation sites (tertiary alicyclic amines) is 1. The van der Waals surface area contributed by atoms with Gasteiger partial charge in [-0.15, -0.1) is 11.8 Å². The molecule has 12 nitrogen and oxygen atoms in total. The number of halogens is 3. The van der Waals surface area contributed by atoms with Crippen LogP contribution in [0.3, 0.4) is 0 Å². The van der Waals surface area contributed by atoms with Crippen LogP contribution in [0.1, 0.15) is 36.6 Å². The molecule has 1 N–H and O–H groups in total. The van der Waals surface area contributed by atoms with Crippen LogP contribution in [0.25, 0.3) is 11.3 Å². The molecule has 0 radical (unpaired) electrons. The van der Waals surface area contributed by atoms with Crippen molar-refractivity contribution >= 4 is 27.7 Å². The number of rotatable bonds is 11. The van der Waals surface area contributed by atoms with Crippen LogP contribution in [-0.2, 0) is 45.2 Å². The fraction of sp³-hybridized carbons (Fsp3) is 0.706. The average Bonchev–Trinajstić information content (AvgIpc) is 3.45. The molecule has 1 aromatic carbocycles. The maximum Gasteiger partial charge on any atom is 0.417 e. The summed E-state index contributed by atoms with van der Waals surface area (Å²) in [7, 11) is -3.53. The molecule has 1 unspecified atom stereocenters. The number of carbonyl (C=O) groups is 1. The average molecular weight is 758 g/mol. The summed E-state index contributed by atoms with van der Waals surface area (Å²) in [5.74, 6) is 0.450. The number of nitrogens with zero attached hydrogens (tertiary/aromatic N) is 7. The Kier molecular flexibility index (Phi) is 12.4. The Balaban J connectivity index is 1.18. The predicted molar refractivity (Wildman–Crippen MR) is 189 cm³/mol. The van der Waals surface area contributed by atoms with Crippen LogP contribution < -0.4 is 0 Å². The highest BCUT2D eigenvalue weighted by atomic mass is 32.2. The van der Waals surface area contributed by atoms with Gasteiger partial charge >= 0.3 is 6.18 Å². The number of aliphatic hydroxyl groups excluding tert-OH is 1. The van der Waals surface area contributed by atoms with E-state index < -0.39 is 27.9 Å². The zero-order valence-corrected chi connectivity index (χ0v) is 31.1. The van der Waals surface area contributed by atoms with Gasteiger partial charge in [0, 0.05) is 112 Å². The number of thioether (sulfide) groups is 1. The topological polar surface area (TPSA) is 115 Å². The fourth-order valence-electron chi connectivity index (χ4n) is 7.69. The lowest BCUT2D eigenvalue weighted by Crippen LogP contribution is -2.50. The number of carbonyl (C=O) groups excluding carboxylic acids is 1. The number of morpholine rings is 1. The quantitative estimate of drug-likeness (QED) is 0.343. The summed E-state index contributed by atoms with van der Waals surface area (Å²) >= 11 is 1.13. The van der Waals surface area contributed by atoms with Crippen molar-refractivity contribution in [3.05, 3.63) is 35.0 Å². The largest absolute Gasteiger partial charge is 0.417 e. The Bertz CT molecular complexity index is 1620. The normalized spacial score (nSPS) is 21.6. The van der Waals surface area contributed by atoms with Gasteiger partial charge in [0.2, 0.25) is 15.9 Å². The van der Waals surface area contributed by atoms with Crippen LogP contribution in [0, 0.1) is 0 Å². The van der Waals surface area contributed by atoms with Crippen molar-refractivity contribution in [2.75, 3.05) is 97.2 Å². The van der Waals surface area contributed by atoms with Crippen LogP contribution >= 0.6 is 11.8 Å². The zero-order chi connectivity index (χ0) is 36.3. The minimum absolute atomic E-state index is 0.0225. The number of sulfonamides is 1. The number of hydrogen-bond acceptors (Lipinski definition) is 10. The van der Waals surface area contributed by atoms with Crippen molar-refractivity contribution < 1.29 is 36.2 Å². The van der Waals surface area contributed by atoms with E-state index in [0.29, 0.717) is 74.3 Å². The van der Waals surface area contributed by atoms with Crippen LogP contribution in [-0.4, -0.2) is 162 Å². The molecule has 0 saturated carbocycles. The number of β-amino-alcohol motifs (C(OH)–C–C–N with tert-alkyl or cyclic N) is 1. The second kappa shape index (κ2) is 16.4. The van der Waals surface area contributed by atoms with Gasteiger partial charge in [-0.05, 0) is 38.1 Å². The minimum Gasteiger partial charge on any atom is -0.390 e. The molecule has 17 heteroatoms. The molecule has 1 amide bonds. The Morgan fingerprint density at radius 2 is 1.73 bits per heavy atom. The van der Waals surface area contributed by atoms with Gasteiger partial charge < -0.3 is 19.6 Å². The first-order chi connectivity index (χ1) is 24.3. The van der Waals surface area contributed by atoms with E-state index in [0.717, 1.165) is 82.0 Å². The van der Waals surface area contributed by atoms with Crippen molar-refractivity contribution in [1.29, 1.82) is 0 Å². The van der Waals surface area contributed by atoms with Gasteiger partial charge in [0.25, 0.3) is 0 Å². The number of amides is 1. The third kappa shape index (κ3) is 9.65. The lowest BCUT2D eigenvalue weighted by atomic mass is 10.0. The molecule has 0 bridgehead atoms. The molecule has 4 aliphatic heterocycles. The number of ether oxygens (including phenoxy) is 1. The monoisotopic (exact) mass is 757 g/mol. The number of hydrogen-bond donors (Lipinski definition) is 1. The van der Waals surface area contributed by atoms with Gasteiger partial charge in [-0.3, -0.25) is 19.3 Å². The van der Waals surface area contributed by atoms with Gasteiger partial charge in [-0.1, -0.05) is 6.07 Å². The summed E-state index contributed by atoms with van der Waals surface area (Å²) in [6.45, 7) is 10.9. The molecule has 3 saturated heterocycles. The highest BCUT2D eigenvalue weighted by molar-refractivity contribution is 7.99. The smallest absolute Gasteiger partial charge is 0.390 e. The van der Waals surface area contributed by atoms with Gasteiger partial charge in [0.15, 0.2) is 0 Å². The Morgan fingerprint density at radius 1 is 1.02 bits per heavy atom. The van der Waals surface area contributed by atoms with E-state index in [4.69, 9.17) is 9.84 Å². The second-order valence-corrected chi connectivity index (χ2v) is 17.2. The molecular weight excluding hydrogens is 708 g/mol. The van der Waals surface area contributed by atoms with Crippen LogP contribution in [0.5, 0.6) is 0 Å². The van der Waals surface area contributed by atoms with E-state index in [1.165, 1.54) is 23.4 Å². The number of fused-ring (bicyclic) bond motifs is 1. The lowest BCUT2D eigenvalue weighted by Gasteiger charge is -2.40. The first-order valence-corrected chi connectivity index (χ1v) is 20.7. The van der Waals surface area contributed by atoms with Crippen molar-refractivity contribution in [2.45, 2.75) is 62.5 Å². The standard InChI is InChI=1S/C34H50F3N7O5S2/c1-25(45)41-13-11-39(12-14-41)17-20-50-32-21-26(3-4-30(32)34(35,36)37)33-29-24-43(51(2,47)48)10-7-31(29)44(38-33)23-28(46)22-40-8-5-27(6-9-40)42-15-18-49-19-16-42/h3-4,21,27-28,46H,5-20,22-24H2,1-2H3. The number of aliphatic hydroxyl groups is 1. The third-order valence-electron chi connectivity index (χ3n) is 10.6. The van der Waals surface area contributed by atoms with Crippen LogP contribution in [0.15, 0.2) is 23.1 Å². The van der Waals surface area contributed by atoms with Crippen molar-refractivity contribution in [3.63, 3.8) is 0 Å². The zero-order valence-electron chi connectivity index (χ0n) is 29.5. The number of piperazine rings is 1. The van der Waals surface area contributed by atoms with E-state index >= 15 is 0 Å². The molecule has 5 heterocycles. The fourth-order valence-corrected chi connectivity index (χ4v) is 9.60. The van der Waals surface area contributed by atoms with Crippen LogP contribution in [0.2, 0.25) is 0 Å². The summed E-state index contributed by atoms with van der Waals surface area (Å²) < 4.78 is 76.4. The van der Waals surface area contributed by atoms with Crippen molar-refractivity contribution in [2.24, 2.45) is 0 Å².